The summed E-state index contributed by atoms with van der Waals surface area (Å²) in [6.45, 7) is 4.73. The van der Waals surface area contributed by atoms with Gasteiger partial charge in [0.2, 0.25) is 0 Å². The number of anilines is 1. The fourth-order valence-corrected chi connectivity index (χ4v) is 1.98. The molecule has 0 aromatic carbocycles. The lowest BCUT2D eigenvalue weighted by Gasteiger charge is -2.07. The van der Waals surface area contributed by atoms with Crippen molar-refractivity contribution in [3.8, 4) is 5.82 Å². The lowest BCUT2D eigenvalue weighted by molar-refractivity contribution is 0.845. The van der Waals surface area contributed by atoms with Crippen LogP contribution in [-0.2, 0) is 6.54 Å². The standard InChI is InChI=1S/C13H15N7/c1-9-12(10(2)19-18-9)6-15-11-3-4-13(16-5-11)20-8-14-7-17-20/h3-5,7-8,15H,6H2,1-2H3,(H,18,19). The Hall–Kier alpha value is -2.70. The number of rotatable bonds is 4. The van der Waals surface area contributed by atoms with Gasteiger partial charge in [-0.15, -0.1) is 0 Å². The minimum Gasteiger partial charge on any atom is -0.380 e. The fraction of sp³-hybridized carbons (Fsp3) is 0.231. The van der Waals surface area contributed by atoms with E-state index < -0.39 is 0 Å². The van der Waals surface area contributed by atoms with Crippen molar-refractivity contribution in [3.63, 3.8) is 0 Å². The summed E-state index contributed by atoms with van der Waals surface area (Å²) in [5, 5.41) is 14.5. The topological polar surface area (TPSA) is 84.3 Å². The molecule has 3 rings (SSSR count). The van der Waals surface area contributed by atoms with Crippen molar-refractivity contribution in [2.24, 2.45) is 0 Å². The van der Waals surface area contributed by atoms with Gasteiger partial charge in [0.1, 0.15) is 12.7 Å². The molecule has 0 aliphatic heterocycles. The third kappa shape index (κ3) is 2.37. The van der Waals surface area contributed by atoms with Crippen LogP contribution in [0.1, 0.15) is 17.0 Å². The number of hydrogen-bond donors (Lipinski definition) is 2. The van der Waals surface area contributed by atoms with E-state index >= 15 is 0 Å². The maximum Gasteiger partial charge on any atom is 0.155 e. The highest BCUT2D eigenvalue weighted by Gasteiger charge is 2.06. The maximum absolute atomic E-state index is 4.34. The minimum absolute atomic E-state index is 0.721. The van der Waals surface area contributed by atoms with Crippen LogP contribution in [0.2, 0.25) is 0 Å². The van der Waals surface area contributed by atoms with E-state index in [0.717, 1.165) is 29.4 Å². The summed E-state index contributed by atoms with van der Waals surface area (Å²) in [6.07, 6.45) is 4.88. The first-order valence-electron chi connectivity index (χ1n) is 6.29. The molecule has 7 nitrogen and oxygen atoms in total. The predicted molar refractivity (Wildman–Crippen MR) is 74.5 cm³/mol. The molecule has 102 valence electrons. The molecule has 0 aliphatic rings. The van der Waals surface area contributed by atoms with Gasteiger partial charge in [0.05, 0.1) is 17.6 Å². The van der Waals surface area contributed by atoms with Gasteiger partial charge in [-0.1, -0.05) is 0 Å². The van der Waals surface area contributed by atoms with Gasteiger partial charge in [0, 0.05) is 17.8 Å². The zero-order valence-electron chi connectivity index (χ0n) is 11.3. The van der Waals surface area contributed by atoms with E-state index in [4.69, 9.17) is 0 Å². The van der Waals surface area contributed by atoms with Crippen LogP contribution in [0.5, 0.6) is 0 Å². The number of aromatic amines is 1. The first-order chi connectivity index (χ1) is 9.74. The Balaban J connectivity index is 1.70. The van der Waals surface area contributed by atoms with Crippen molar-refractivity contribution in [1.29, 1.82) is 0 Å². The molecule has 7 heteroatoms. The maximum atomic E-state index is 4.34. The number of nitrogens with zero attached hydrogens (tertiary/aromatic N) is 5. The molecule has 0 amide bonds. The molecule has 0 unspecified atom stereocenters. The number of hydrogen-bond acceptors (Lipinski definition) is 5. The fourth-order valence-electron chi connectivity index (χ4n) is 1.98. The monoisotopic (exact) mass is 269 g/mol. The Kier molecular flexibility index (Phi) is 3.16. The van der Waals surface area contributed by atoms with Gasteiger partial charge in [0.25, 0.3) is 0 Å². The molecule has 0 saturated carbocycles. The van der Waals surface area contributed by atoms with Crippen LogP contribution in [0, 0.1) is 13.8 Å². The lowest BCUT2D eigenvalue weighted by Crippen LogP contribution is -2.03. The van der Waals surface area contributed by atoms with E-state index in [-0.39, 0.29) is 0 Å². The highest BCUT2D eigenvalue weighted by atomic mass is 15.3. The SMILES string of the molecule is Cc1n[nH]c(C)c1CNc1ccc(-n2cncn2)nc1. The quantitative estimate of drug-likeness (QED) is 0.751. The Bertz CT molecular complexity index is 663. The summed E-state index contributed by atoms with van der Waals surface area (Å²) in [5.74, 6) is 0.740. The van der Waals surface area contributed by atoms with Gasteiger partial charge in [-0.2, -0.15) is 10.2 Å². The Morgan fingerprint density at radius 2 is 2.20 bits per heavy atom. The van der Waals surface area contributed by atoms with E-state index in [1.165, 1.54) is 11.9 Å². The van der Waals surface area contributed by atoms with Crippen molar-refractivity contribution in [2.45, 2.75) is 20.4 Å². The Morgan fingerprint density at radius 1 is 1.30 bits per heavy atom. The summed E-state index contributed by atoms with van der Waals surface area (Å²) in [6, 6.07) is 3.86. The predicted octanol–water partition coefficient (Wildman–Crippen LogP) is 1.61. The number of pyridine rings is 1. The zero-order chi connectivity index (χ0) is 13.9. The molecule has 3 heterocycles. The van der Waals surface area contributed by atoms with E-state index in [1.54, 1.807) is 17.2 Å². The number of aromatic nitrogens is 6. The van der Waals surface area contributed by atoms with E-state index in [1.807, 2.05) is 26.0 Å². The summed E-state index contributed by atoms with van der Waals surface area (Å²) in [7, 11) is 0. The first kappa shape index (κ1) is 12.3. The van der Waals surface area contributed by atoms with E-state index in [2.05, 4.69) is 30.6 Å². The average molecular weight is 269 g/mol. The van der Waals surface area contributed by atoms with Crippen LogP contribution >= 0.6 is 0 Å². The van der Waals surface area contributed by atoms with Crippen molar-refractivity contribution in [1.82, 2.24) is 29.9 Å². The second-order valence-electron chi connectivity index (χ2n) is 4.51. The molecule has 0 radical (unpaired) electrons. The molecule has 0 fully saturated rings. The highest BCUT2D eigenvalue weighted by Crippen LogP contribution is 2.13. The van der Waals surface area contributed by atoms with Crippen molar-refractivity contribution in [3.05, 3.63) is 47.9 Å². The van der Waals surface area contributed by atoms with Gasteiger partial charge in [-0.05, 0) is 26.0 Å². The molecule has 2 N–H and O–H groups in total. The Labute approximate surface area is 116 Å². The molecule has 0 atom stereocenters. The highest BCUT2D eigenvalue weighted by molar-refractivity contribution is 5.44. The van der Waals surface area contributed by atoms with Crippen LogP contribution < -0.4 is 5.32 Å². The third-order valence-electron chi connectivity index (χ3n) is 3.15. The molecular weight excluding hydrogens is 254 g/mol. The summed E-state index contributed by atoms with van der Waals surface area (Å²) >= 11 is 0. The second-order valence-corrected chi connectivity index (χ2v) is 4.51. The third-order valence-corrected chi connectivity index (χ3v) is 3.15. The van der Waals surface area contributed by atoms with Crippen molar-refractivity contribution < 1.29 is 0 Å². The first-order valence-corrected chi connectivity index (χ1v) is 6.29. The van der Waals surface area contributed by atoms with Crippen LogP contribution in [0.4, 0.5) is 5.69 Å². The van der Waals surface area contributed by atoms with Crippen LogP contribution in [0.15, 0.2) is 31.0 Å². The van der Waals surface area contributed by atoms with Crippen LogP contribution in [0.25, 0.3) is 5.82 Å². The van der Waals surface area contributed by atoms with Gasteiger partial charge >= 0.3 is 0 Å². The molecule has 3 aromatic heterocycles. The minimum atomic E-state index is 0.721. The van der Waals surface area contributed by atoms with Crippen molar-refractivity contribution >= 4 is 5.69 Å². The molecule has 3 aromatic rings. The molecule has 20 heavy (non-hydrogen) atoms. The summed E-state index contributed by atoms with van der Waals surface area (Å²) in [4.78, 5) is 8.24. The summed E-state index contributed by atoms with van der Waals surface area (Å²) < 4.78 is 1.62. The van der Waals surface area contributed by atoms with Gasteiger partial charge in [-0.25, -0.2) is 14.6 Å². The molecule has 0 saturated heterocycles. The molecule has 0 bridgehead atoms. The average Bonchev–Trinajstić information content (AvgIpc) is 3.09. The van der Waals surface area contributed by atoms with Gasteiger partial charge in [-0.3, -0.25) is 5.10 Å². The summed E-state index contributed by atoms with van der Waals surface area (Å²) in [5.41, 5.74) is 4.24. The molecule has 0 spiro atoms. The van der Waals surface area contributed by atoms with Crippen LogP contribution in [-0.4, -0.2) is 29.9 Å². The van der Waals surface area contributed by atoms with Gasteiger partial charge < -0.3 is 5.32 Å². The smallest absolute Gasteiger partial charge is 0.155 e. The van der Waals surface area contributed by atoms with E-state index in [9.17, 15) is 0 Å². The normalized spacial score (nSPS) is 10.7. The molecule has 0 aliphatic carbocycles. The number of nitrogens with one attached hydrogen (secondary N) is 2. The lowest BCUT2D eigenvalue weighted by atomic mass is 10.2. The zero-order valence-corrected chi connectivity index (χ0v) is 11.3. The largest absolute Gasteiger partial charge is 0.380 e. The van der Waals surface area contributed by atoms with Gasteiger partial charge in [0.15, 0.2) is 5.82 Å². The molecular formula is C13H15N7. The number of aryl methyl sites for hydroxylation is 2. The number of H-pyrrole nitrogens is 1. The van der Waals surface area contributed by atoms with Crippen molar-refractivity contribution in [2.75, 3.05) is 5.32 Å². The Morgan fingerprint density at radius 3 is 2.80 bits per heavy atom. The van der Waals surface area contributed by atoms with E-state index in [0.29, 0.717) is 0 Å². The van der Waals surface area contributed by atoms with Crippen LogP contribution in [0.3, 0.4) is 0 Å². The second kappa shape index (κ2) is 5.12.